The summed E-state index contributed by atoms with van der Waals surface area (Å²) in [5, 5.41) is 12.2. The van der Waals surface area contributed by atoms with Gasteiger partial charge in [0.25, 0.3) is 0 Å². The summed E-state index contributed by atoms with van der Waals surface area (Å²) in [4.78, 5) is 9.64. The largest absolute Gasteiger partial charge is 0.390 e. The predicted octanol–water partition coefficient (Wildman–Crippen LogP) is 2.20. The van der Waals surface area contributed by atoms with E-state index in [2.05, 4.69) is 14.3 Å². The lowest BCUT2D eigenvalue weighted by atomic mass is 10.5. The number of hydrogen-bond acceptors (Lipinski definition) is 7. The predicted molar refractivity (Wildman–Crippen MR) is 67.8 cm³/mol. The van der Waals surface area contributed by atoms with Gasteiger partial charge in [0.05, 0.1) is 12.3 Å². The Morgan fingerprint density at radius 3 is 3.06 bits per heavy atom. The molecule has 0 atom stereocenters. The van der Waals surface area contributed by atoms with E-state index in [0.29, 0.717) is 0 Å². The first-order valence-corrected chi connectivity index (χ1v) is 7.28. The quantitative estimate of drug-likeness (QED) is 0.799. The van der Waals surface area contributed by atoms with E-state index in [9.17, 15) is 5.11 Å². The molecule has 5 nitrogen and oxygen atoms in total. The molecule has 17 heavy (non-hydrogen) atoms. The van der Waals surface area contributed by atoms with Crippen molar-refractivity contribution in [2.45, 2.75) is 22.9 Å². The maximum Gasteiger partial charge on any atom is 0.195 e. The molecule has 3 aromatic rings. The van der Waals surface area contributed by atoms with E-state index < -0.39 is 0 Å². The summed E-state index contributed by atoms with van der Waals surface area (Å²) in [7, 11) is 0. The molecule has 0 aliphatic carbocycles. The van der Waals surface area contributed by atoms with Crippen molar-refractivity contribution >= 4 is 39.6 Å². The first-order chi connectivity index (χ1) is 8.28. The lowest BCUT2D eigenvalue weighted by molar-refractivity contribution is 0.272. The molecular formula is C9H8N4OS3. The van der Waals surface area contributed by atoms with Gasteiger partial charge in [-0.25, -0.2) is 9.97 Å². The lowest BCUT2D eigenvalue weighted by Crippen LogP contribution is -1.90. The van der Waals surface area contributed by atoms with E-state index in [-0.39, 0.29) is 6.61 Å². The average molecular weight is 284 g/mol. The smallest absolute Gasteiger partial charge is 0.195 e. The van der Waals surface area contributed by atoms with Crippen LogP contribution in [-0.4, -0.2) is 23.8 Å². The van der Waals surface area contributed by atoms with E-state index in [1.54, 1.807) is 11.3 Å². The fourth-order valence-corrected chi connectivity index (χ4v) is 3.91. The number of aromatic nitrogens is 4. The van der Waals surface area contributed by atoms with E-state index in [4.69, 9.17) is 0 Å². The van der Waals surface area contributed by atoms with Crippen molar-refractivity contribution in [1.82, 2.24) is 18.7 Å². The van der Waals surface area contributed by atoms with Gasteiger partial charge in [-0.2, -0.15) is 4.37 Å². The molecule has 0 bridgehead atoms. The van der Waals surface area contributed by atoms with Gasteiger partial charge in [-0.15, -0.1) is 11.3 Å². The second-order valence-corrected chi connectivity index (χ2v) is 6.15. The second kappa shape index (κ2) is 4.37. The zero-order valence-corrected chi connectivity index (χ0v) is 11.3. The van der Waals surface area contributed by atoms with E-state index in [1.165, 1.54) is 23.3 Å². The Morgan fingerprint density at radius 2 is 2.35 bits per heavy atom. The zero-order chi connectivity index (χ0) is 11.8. The Hall–Kier alpha value is -0.960. The van der Waals surface area contributed by atoms with E-state index in [0.717, 1.165) is 25.8 Å². The SMILES string of the molecule is Cc1nsc(Sc2nc3sccn3c2CO)n1. The van der Waals surface area contributed by atoms with Crippen LogP contribution in [0.15, 0.2) is 20.9 Å². The van der Waals surface area contributed by atoms with Crippen molar-refractivity contribution in [2.24, 2.45) is 0 Å². The molecule has 88 valence electrons. The topological polar surface area (TPSA) is 63.3 Å². The third-order valence-corrected chi connectivity index (χ3v) is 4.79. The minimum absolute atomic E-state index is 0.0297. The fraction of sp³-hybridized carbons (Fsp3) is 0.222. The van der Waals surface area contributed by atoms with Crippen LogP contribution in [0.25, 0.3) is 4.96 Å². The van der Waals surface area contributed by atoms with Crippen molar-refractivity contribution in [3.63, 3.8) is 0 Å². The van der Waals surface area contributed by atoms with Crippen LogP contribution in [0.5, 0.6) is 0 Å². The van der Waals surface area contributed by atoms with Crippen LogP contribution < -0.4 is 0 Å². The molecule has 0 spiro atoms. The van der Waals surface area contributed by atoms with Gasteiger partial charge in [-0.05, 0) is 30.2 Å². The van der Waals surface area contributed by atoms with Crippen molar-refractivity contribution < 1.29 is 5.11 Å². The number of aryl methyl sites for hydroxylation is 1. The van der Waals surface area contributed by atoms with E-state index in [1.807, 2.05) is 22.9 Å². The maximum atomic E-state index is 9.40. The van der Waals surface area contributed by atoms with Crippen molar-refractivity contribution in [1.29, 1.82) is 0 Å². The molecule has 0 radical (unpaired) electrons. The number of aliphatic hydroxyl groups excluding tert-OH is 1. The van der Waals surface area contributed by atoms with Crippen molar-refractivity contribution in [2.75, 3.05) is 0 Å². The van der Waals surface area contributed by atoms with Crippen LogP contribution in [0.1, 0.15) is 11.5 Å². The summed E-state index contributed by atoms with van der Waals surface area (Å²) < 4.78 is 6.88. The van der Waals surface area contributed by atoms with Gasteiger partial charge in [0.15, 0.2) is 9.30 Å². The molecule has 0 fully saturated rings. The first-order valence-electron chi connectivity index (χ1n) is 4.81. The maximum absolute atomic E-state index is 9.40. The highest BCUT2D eigenvalue weighted by atomic mass is 32.2. The van der Waals surface area contributed by atoms with Gasteiger partial charge in [-0.1, -0.05) is 0 Å². The Kier molecular flexibility index (Phi) is 2.87. The minimum atomic E-state index is -0.0297. The number of thiazole rings is 1. The van der Waals surface area contributed by atoms with Gasteiger partial charge >= 0.3 is 0 Å². The lowest BCUT2D eigenvalue weighted by Gasteiger charge is -1.96. The number of fused-ring (bicyclic) bond motifs is 1. The van der Waals surface area contributed by atoms with Crippen LogP contribution in [0, 0.1) is 6.92 Å². The zero-order valence-electron chi connectivity index (χ0n) is 8.82. The summed E-state index contributed by atoms with van der Waals surface area (Å²) in [5.41, 5.74) is 0.805. The Labute approximate surface area is 109 Å². The molecule has 3 aromatic heterocycles. The molecule has 0 amide bonds. The van der Waals surface area contributed by atoms with Crippen LogP contribution in [0.4, 0.5) is 0 Å². The Balaban J connectivity index is 2.01. The van der Waals surface area contributed by atoms with Crippen molar-refractivity contribution in [3.8, 4) is 0 Å². The average Bonchev–Trinajstić information content (AvgIpc) is 2.95. The number of nitrogens with zero attached hydrogens (tertiary/aromatic N) is 4. The molecule has 1 N–H and O–H groups in total. The summed E-state index contributed by atoms with van der Waals surface area (Å²) in [6.45, 7) is 1.83. The van der Waals surface area contributed by atoms with Gasteiger partial charge < -0.3 is 5.11 Å². The molecule has 8 heteroatoms. The summed E-state index contributed by atoms with van der Waals surface area (Å²) >= 11 is 4.35. The molecule has 3 heterocycles. The molecule has 3 rings (SSSR count). The Morgan fingerprint density at radius 1 is 1.47 bits per heavy atom. The van der Waals surface area contributed by atoms with E-state index >= 15 is 0 Å². The number of hydrogen-bond donors (Lipinski definition) is 1. The number of imidazole rings is 1. The monoisotopic (exact) mass is 284 g/mol. The van der Waals surface area contributed by atoms with Gasteiger partial charge in [0, 0.05) is 11.6 Å². The van der Waals surface area contributed by atoms with Gasteiger partial charge in [0.2, 0.25) is 0 Å². The minimum Gasteiger partial charge on any atom is -0.390 e. The van der Waals surface area contributed by atoms with Crippen LogP contribution in [-0.2, 0) is 6.61 Å². The molecule has 0 saturated heterocycles. The first kappa shape index (κ1) is 11.1. The van der Waals surface area contributed by atoms with Gasteiger partial charge in [-0.3, -0.25) is 4.40 Å². The summed E-state index contributed by atoms with van der Waals surface area (Å²) in [6.07, 6.45) is 1.91. The molecule has 0 unspecified atom stereocenters. The standard InChI is InChI=1S/C9H8N4OS3/c1-5-10-9(17-12-5)16-7-6(4-14)13-2-3-15-8(13)11-7/h2-3,14H,4H2,1H3. The van der Waals surface area contributed by atoms with Crippen LogP contribution in [0.2, 0.25) is 0 Å². The highest BCUT2D eigenvalue weighted by Gasteiger charge is 2.15. The van der Waals surface area contributed by atoms with Crippen molar-refractivity contribution in [3.05, 3.63) is 23.1 Å². The highest BCUT2D eigenvalue weighted by molar-refractivity contribution is 8.00. The molecule has 0 aliphatic rings. The molecule has 0 aromatic carbocycles. The second-order valence-electron chi connectivity index (χ2n) is 3.29. The fourth-order valence-electron chi connectivity index (χ4n) is 1.44. The normalized spacial score (nSPS) is 11.4. The highest BCUT2D eigenvalue weighted by Crippen LogP contribution is 2.32. The molecule has 0 aliphatic heterocycles. The number of aliphatic hydroxyl groups is 1. The summed E-state index contributed by atoms with van der Waals surface area (Å²) in [5.74, 6) is 0.768. The summed E-state index contributed by atoms with van der Waals surface area (Å²) in [6, 6.07) is 0. The molecule has 0 saturated carbocycles. The van der Waals surface area contributed by atoms with Gasteiger partial charge in [0.1, 0.15) is 10.9 Å². The third-order valence-electron chi connectivity index (χ3n) is 2.17. The Bertz CT molecular complexity index is 656. The third kappa shape index (κ3) is 1.97. The van der Waals surface area contributed by atoms with Crippen LogP contribution >= 0.6 is 34.6 Å². The van der Waals surface area contributed by atoms with Crippen LogP contribution in [0.3, 0.4) is 0 Å². The number of rotatable bonds is 3. The molecular weight excluding hydrogens is 276 g/mol.